The van der Waals surface area contributed by atoms with Crippen LogP contribution in [-0.2, 0) is 6.18 Å². The van der Waals surface area contributed by atoms with Gasteiger partial charge >= 0.3 is 6.18 Å². The van der Waals surface area contributed by atoms with Crippen LogP contribution in [0.2, 0.25) is 5.15 Å². The number of halogens is 4. The van der Waals surface area contributed by atoms with Crippen LogP contribution in [0.4, 0.5) is 13.2 Å². The highest BCUT2D eigenvalue weighted by Crippen LogP contribution is 2.36. The Morgan fingerprint density at radius 1 is 1.32 bits per heavy atom. The predicted molar refractivity (Wildman–Crippen MR) is 62.9 cm³/mol. The van der Waals surface area contributed by atoms with E-state index in [1.807, 2.05) is 0 Å². The molecule has 0 amide bonds. The van der Waals surface area contributed by atoms with E-state index in [1.54, 1.807) is 12.1 Å². The smallest absolute Gasteiger partial charge is 0.420 e. The summed E-state index contributed by atoms with van der Waals surface area (Å²) < 4.78 is 45.4. The predicted octanol–water partition coefficient (Wildman–Crippen LogP) is 4.27. The molecule has 0 unspecified atom stereocenters. The summed E-state index contributed by atoms with van der Waals surface area (Å²) in [5.74, 6) is 0.331. The van der Waals surface area contributed by atoms with Crippen LogP contribution >= 0.6 is 11.6 Å². The van der Waals surface area contributed by atoms with Gasteiger partial charge in [0.25, 0.3) is 0 Å². The van der Waals surface area contributed by atoms with Crippen molar-refractivity contribution in [3.63, 3.8) is 0 Å². The lowest BCUT2D eigenvalue weighted by atomic mass is 10.1. The molecular formula is C12H6ClF3N2O. The number of rotatable bonds is 1. The van der Waals surface area contributed by atoms with E-state index in [0.717, 1.165) is 6.07 Å². The minimum absolute atomic E-state index is 0.105. The first-order valence-corrected chi connectivity index (χ1v) is 5.62. The average Bonchev–Trinajstić information content (AvgIpc) is 2.97. The minimum Gasteiger partial charge on any atom is -0.464 e. The van der Waals surface area contributed by atoms with Crippen molar-refractivity contribution in [1.82, 2.24) is 9.38 Å². The van der Waals surface area contributed by atoms with Gasteiger partial charge < -0.3 is 4.42 Å². The zero-order chi connectivity index (χ0) is 13.6. The largest absolute Gasteiger partial charge is 0.464 e. The second-order valence-electron chi connectivity index (χ2n) is 3.89. The molecule has 0 fully saturated rings. The number of furan rings is 1. The molecule has 3 nitrogen and oxygen atoms in total. The summed E-state index contributed by atoms with van der Waals surface area (Å²) in [6, 6.07) is 4.17. The molecule has 98 valence electrons. The molecule has 0 aliphatic carbocycles. The van der Waals surface area contributed by atoms with Crippen LogP contribution in [0.3, 0.4) is 0 Å². The zero-order valence-corrected chi connectivity index (χ0v) is 10.0. The van der Waals surface area contributed by atoms with Crippen molar-refractivity contribution < 1.29 is 17.6 Å². The third-order valence-electron chi connectivity index (χ3n) is 2.67. The normalized spacial score (nSPS) is 12.2. The van der Waals surface area contributed by atoms with Crippen LogP contribution in [0, 0.1) is 0 Å². The Balaban J connectivity index is 2.35. The second-order valence-corrected chi connectivity index (χ2v) is 4.28. The molecule has 0 atom stereocenters. The molecule has 3 aromatic heterocycles. The first-order valence-electron chi connectivity index (χ1n) is 5.24. The molecule has 0 N–H and O–H groups in total. The Bertz CT molecular complexity index is 731. The first kappa shape index (κ1) is 12.1. The third-order valence-corrected chi connectivity index (χ3v) is 2.95. The SMILES string of the molecule is FC(F)(F)c1cc(-c2ccco2)cn2c(Cl)cnc12. The molecule has 0 aliphatic rings. The number of alkyl halides is 3. The molecule has 0 aromatic carbocycles. The number of fused-ring (bicyclic) bond motifs is 1. The molecule has 3 heterocycles. The number of pyridine rings is 1. The van der Waals surface area contributed by atoms with Crippen molar-refractivity contribution in [2.45, 2.75) is 6.18 Å². The van der Waals surface area contributed by atoms with Gasteiger partial charge in [0.05, 0.1) is 18.0 Å². The fraction of sp³-hybridized carbons (Fsp3) is 0.0833. The number of hydrogen-bond acceptors (Lipinski definition) is 2. The molecule has 3 aromatic rings. The lowest BCUT2D eigenvalue weighted by Gasteiger charge is -2.10. The Labute approximate surface area is 110 Å². The topological polar surface area (TPSA) is 30.4 Å². The molecule has 19 heavy (non-hydrogen) atoms. The second kappa shape index (κ2) is 4.03. The summed E-state index contributed by atoms with van der Waals surface area (Å²) in [5.41, 5.74) is -0.800. The number of aromatic nitrogens is 2. The highest BCUT2D eigenvalue weighted by Gasteiger charge is 2.35. The van der Waals surface area contributed by atoms with Gasteiger partial charge in [0.15, 0.2) is 0 Å². The van der Waals surface area contributed by atoms with Crippen molar-refractivity contribution in [3.05, 3.63) is 47.6 Å². The number of hydrogen-bond donors (Lipinski definition) is 0. The lowest BCUT2D eigenvalue weighted by Crippen LogP contribution is -2.08. The monoisotopic (exact) mass is 286 g/mol. The van der Waals surface area contributed by atoms with Crippen molar-refractivity contribution in [1.29, 1.82) is 0 Å². The van der Waals surface area contributed by atoms with Gasteiger partial charge in [-0.1, -0.05) is 11.6 Å². The van der Waals surface area contributed by atoms with Crippen molar-refractivity contribution in [3.8, 4) is 11.3 Å². The Morgan fingerprint density at radius 3 is 2.74 bits per heavy atom. The van der Waals surface area contributed by atoms with Crippen molar-refractivity contribution in [2.75, 3.05) is 0 Å². The standard InChI is InChI=1S/C12H6ClF3N2O/c13-10-5-17-11-8(12(14,15)16)4-7(6-18(10)11)9-2-1-3-19-9/h1-6H. The molecule has 0 radical (unpaired) electrons. The van der Waals surface area contributed by atoms with Gasteiger partial charge in [-0.05, 0) is 18.2 Å². The van der Waals surface area contributed by atoms with E-state index in [-0.39, 0.29) is 16.4 Å². The maximum atomic E-state index is 13.0. The van der Waals surface area contributed by atoms with Gasteiger partial charge in [-0.2, -0.15) is 13.2 Å². The Kier molecular flexibility index (Phi) is 2.56. The van der Waals surface area contributed by atoms with Crippen LogP contribution in [0.1, 0.15) is 5.56 Å². The van der Waals surface area contributed by atoms with Crippen molar-refractivity contribution >= 4 is 17.2 Å². The van der Waals surface area contributed by atoms with Gasteiger partial charge in [0, 0.05) is 11.8 Å². The average molecular weight is 287 g/mol. The maximum Gasteiger partial charge on any atom is 0.420 e. The molecule has 7 heteroatoms. The first-order chi connectivity index (χ1) is 8.97. The summed E-state index contributed by atoms with van der Waals surface area (Å²) in [7, 11) is 0. The molecule has 0 saturated carbocycles. The van der Waals surface area contributed by atoms with E-state index in [2.05, 4.69) is 4.98 Å². The van der Waals surface area contributed by atoms with E-state index in [9.17, 15) is 13.2 Å². The zero-order valence-electron chi connectivity index (χ0n) is 9.28. The van der Waals surface area contributed by atoms with Crippen LogP contribution < -0.4 is 0 Å². The number of nitrogens with zero attached hydrogens (tertiary/aromatic N) is 2. The fourth-order valence-electron chi connectivity index (χ4n) is 1.84. The Morgan fingerprint density at radius 2 is 2.11 bits per heavy atom. The Hall–Kier alpha value is -1.95. The fourth-order valence-corrected chi connectivity index (χ4v) is 2.02. The van der Waals surface area contributed by atoms with E-state index in [4.69, 9.17) is 16.0 Å². The van der Waals surface area contributed by atoms with E-state index < -0.39 is 11.7 Å². The quantitative estimate of drug-likeness (QED) is 0.669. The van der Waals surface area contributed by atoms with Crippen LogP contribution in [-0.4, -0.2) is 9.38 Å². The highest BCUT2D eigenvalue weighted by molar-refractivity contribution is 6.29. The summed E-state index contributed by atoms with van der Waals surface area (Å²) in [5, 5.41) is 0.105. The van der Waals surface area contributed by atoms with Gasteiger partial charge in [-0.25, -0.2) is 4.98 Å². The van der Waals surface area contributed by atoms with Gasteiger partial charge in [-0.15, -0.1) is 0 Å². The van der Waals surface area contributed by atoms with Crippen LogP contribution in [0.25, 0.3) is 17.0 Å². The van der Waals surface area contributed by atoms with Crippen LogP contribution in [0.5, 0.6) is 0 Å². The van der Waals surface area contributed by atoms with E-state index in [1.165, 1.54) is 23.1 Å². The summed E-state index contributed by atoms with van der Waals surface area (Å²) in [4.78, 5) is 3.69. The lowest BCUT2D eigenvalue weighted by molar-refractivity contribution is -0.136. The minimum atomic E-state index is -4.52. The summed E-state index contributed by atoms with van der Waals surface area (Å²) in [6.45, 7) is 0. The van der Waals surface area contributed by atoms with Gasteiger partial charge in [0.1, 0.15) is 16.6 Å². The van der Waals surface area contributed by atoms with Crippen molar-refractivity contribution in [2.24, 2.45) is 0 Å². The van der Waals surface area contributed by atoms with E-state index >= 15 is 0 Å². The molecule has 3 rings (SSSR count). The van der Waals surface area contributed by atoms with E-state index in [0.29, 0.717) is 5.76 Å². The maximum absolute atomic E-state index is 13.0. The molecule has 0 saturated heterocycles. The summed E-state index contributed by atoms with van der Waals surface area (Å²) in [6.07, 6.45) is -0.488. The van der Waals surface area contributed by atoms with Gasteiger partial charge in [-0.3, -0.25) is 4.40 Å². The third kappa shape index (κ3) is 1.98. The molecular weight excluding hydrogens is 281 g/mol. The molecule has 0 aliphatic heterocycles. The van der Waals surface area contributed by atoms with Gasteiger partial charge in [0.2, 0.25) is 0 Å². The number of imidazole rings is 1. The van der Waals surface area contributed by atoms with Crippen LogP contribution in [0.15, 0.2) is 41.3 Å². The molecule has 0 spiro atoms. The summed E-state index contributed by atoms with van der Waals surface area (Å²) >= 11 is 5.83. The molecule has 0 bridgehead atoms. The highest BCUT2D eigenvalue weighted by atomic mass is 35.5.